The Balaban J connectivity index is 1.45. The molecule has 0 amide bonds. The first kappa shape index (κ1) is 18.8. The summed E-state index contributed by atoms with van der Waals surface area (Å²) in [5.74, 6) is 0.611. The minimum atomic E-state index is -3.70. The molecular weight excluding hydrogens is 414 g/mol. The fraction of sp³-hybridized carbons (Fsp3) is 0. The van der Waals surface area contributed by atoms with Gasteiger partial charge in [-0.3, -0.25) is 14.7 Å². The van der Waals surface area contributed by atoms with Crippen LogP contribution in [0.2, 0.25) is 0 Å². The minimum absolute atomic E-state index is 0.0995. The third kappa shape index (κ3) is 3.71. The van der Waals surface area contributed by atoms with Crippen LogP contribution in [0.3, 0.4) is 0 Å². The zero-order valence-electron chi connectivity index (χ0n) is 16.0. The molecule has 152 valence electrons. The molecular formula is C21H15N7O2S. The highest BCUT2D eigenvalue weighted by Gasteiger charge is 2.14. The van der Waals surface area contributed by atoms with E-state index in [1.165, 1.54) is 18.5 Å². The molecule has 4 heterocycles. The standard InChI is InChI=1S/C21H15N7O2S/c29-31(30,18-2-1-11-23-14-18)27-17-5-3-15(4-6-17)19-7-8-20-24-25-21(28(20)26-19)16-9-12-22-13-10-16/h1-14,27H. The van der Waals surface area contributed by atoms with Crippen LogP contribution < -0.4 is 4.72 Å². The van der Waals surface area contributed by atoms with Gasteiger partial charge in [-0.1, -0.05) is 12.1 Å². The molecule has 5 rings (SSSR count). The Morgan fingerprint density at radius 3 is 2.32 bits per heavy atom. The van der Waals surface area contributed by atoms with Crippen molar-refractivity contribution in [2.24, 2.45) is 0 Å². The molecule has 0 aliphatic rings. The summed E-state index contributed by atoms with van der Waals surface area (Å²) >= 11 is 0. The summed E-state index contributed by atoms with van der Waals surface area (Å²) in [6.07, 6.45) is 6.19. The Bertz CT molecular complexity index is 1450. The summed E-state index contributed by atoms with van der Waals surface area (Å²) in [5.41, 5.74) is 3.43. The van der Waals surface area contributed by atoms with Crippen molar-refractivity contribution in [1.29, 1.82) is 0 Å². The van der Waals surface area contributed by atoms with Crippen molar-refractivity contribution in [3.05, 3.63) is 85.5 Å². The van der Waals surface area contributed by atoms with Gasteiger partial charge in [0.05, 0.1) is 5.69 Å². The van der Waals surface area contributed by atoms with Gasteiger partial charge < -0.3 is 0 Å². The molecule has 10 heteroatoms. The predicted octanol–water partition coefficient (Wildman–Crippen LogP) is 3.05. The maximum absolute atomic E-state index is 12.5. The molecule has 9 nitrogen and oxygen atoms in total. The first-order valence-electron chi connectivity index (χ1n) is 9.26. The second-order valence-electron chi connectivity index (χ2n) is 6.62. The molecule has 0 aliphatic heterocycles. The average Bonchev–Trinajstić information content (AvgIpc) is 3.24. The fourth-order valence-corrected chi connectivity index (χ4v) is 4.07. The van der Waals surface area contributed by atoms with Crippen LogP contribution in [0.5, 0.6) is 0 Å². The number of anilines is 1. The number of fused-ring (bicyclic) bond motifs is 1. The molecule has 31 heavy (non-hydrogen) atoms. The number of hydrogen-bond donors (Lipinski definition) is 1. The number of nitrogens with zero attached hydrogens (tertiary/aromatic N) is 6. The summed E-state index contributed by atoms with van der Waals surface area (Å²) in [6.45, 7) is 0. The number of rotatable bonds is 5. The first-order valence-corrected chi connectivity index (χ1v) is 10.7. The molecule has 0 aliphatic carbocycles. The van der Waals surface area contributed by atoms with E-state index in [1.807, 2.05) is 24.3 Å². The van der Waals surface area contributed by atoms with Gasteiger partial charge in [-0.2, -0.15) is 9.61 Å². The highest BCUT2D eigenvalue weighted by atomic mass is 32.2. The van der Waals surface area contributed by atoms with E-state index in [0.717, 1.165) is 11.1 Å². The Morgan fingerprint density at radius 1 is 0.774 bits per heavy atom. The van der Waals surface area contributed by atoms with E-state index in [4.69, 9.17) is 0 Å². The van der Waals surface area contributed by atoms with Crippen LogP contribution in [0, 0.1) is 0 Å². The van der Waals surface area contributed by atoms with Gasteiger partial charge in [-0.25, -0.2) is 8.42 Å². The molecule has 0 radical (unpaired) electrons. The lowest BCUT2D eigenvalue weighted by Gasteiger charge is -2.09. The first-order chi connectivity index (χ1) is 15.1. The summed E-state index contributed by atoms with van der Waals surface area (Å²) < 4.78 is 29.1. The van der Waals surface area contributed by atoms with Crippen LogP contribution in [0.4, 0.5) is 5.69 Å². The summed E-state index contributed by atoms with van der Waals surface area (Å²) in [7, 11) is -3.70. The van der Waals surface area contributed by atoms with Crippen LogP contribution in [0.15, 0.2) is 90.3 Å². The van der Waals surface area contributed by atoms with Crippen molar-refractivity contribution in [1.82, 2.24) is 29.8 Å². The van der Waals surface area contributed by atoms with Crippen molar-refractivity contribution in [2.75, 3.05) is 4.72 Å². The Hall–Kier alpha value is -4.18. The third-order valence-corrected chi connectivity index (χ3v) is 5.95. The van der Waals surface area contributed by atoms with Gasteiger partial charge in [0.25, 0.3) is 10.0 Å². The number of nitrogens with one attached hydrogen (secondary N) is 1. The minimum Gasteiger partial charge on any atom is -0.280 e. The zero-order valence-corrected chi connectivity index (χ0v) is 16.8. The SMILES string of the molecule is O=S(=O)(Nc1ccc(-c2ccc3nnc(-c4ccncc4)n3n2)cc1)c1cccnc1. The van der Waals surface area contributed by atoms with E-state index in [2.05, 4.69) is 30.0 Å². The molecule has 0 saturated carbocycles. The van der Waals surface area contributed by atoms with Gasteiger partial charge in [0.1, 0.15) is 4.90 Å². The van der Waals surface area contributed by atoms with E-state index in [9.17, 15) is 8.42 Å². The van der Waals surface area contributed by atoms with Gasteiger partial charge >= 0.3 is 0 Å². The smallest absolute Gasteiger partial charge is 0.263 e. The lowest BCUT2D eigenvalue weighted by molar-refractivity contribution is 0.601. The van der Waals surface area contributed by atoms with E-state index in [-0.39, 0.29) is 4.90 Å². The Morgan fingerprint density at radius 2 is 1.58 bits per heavy atom. The molecule has 1 aromatic carbocycles. The van der Waals surface area contributed by atoms with Gasteiger partial charge in [0.15, 0.2) is 11.5 Å². The Labute approximate surface area is 177 Å². The molecule has 0 fully saturated rings. The van der Waals surface area contributed by atoms with Crippen molar-refractivity contribution >= 4 is 21.4 Å². The molecule has 4 aromatic heterocycles. The normalized spacial score (nSPS) is 11.5. The van der Waals surface area contributed by atoms with E-state index in [0.29, 0.717) is 22.9 Å². The number of pyridine rings is 2. The van der Waals surface area contributed by atoms with Crippen LogP contribution in [0.25, 0.3) is 28.3 Å². The zero-order chi connectivity index (χ0) is 21.3. The average molecular weight is 429 g/mol. The monoisotopic (exact) mass is 429 g/mol. The molecule has 0 atom stereocenters. The quantitative estimate of drug-likeness (QED) is 0.456. The van der Waals surface area contributed by atoms with Crippen molar-refractivity contribution in [2.45, 2.75) is 4.90 Å². The lowest BCUT2D eigenvalue weighted by Crippen LogP contribution is -2.12. The number of hydrogen-bond acceptors (Lipinski definition) is 7. The van der Waals surface area contributed by atoms with E-state index in [1.54, 1.807) is 47.2 Å². The number of sulfonamides is 1. The number of aromatic nitrogens is 6. The van der Waals surface area contributed by atoms with Crippen molar-refractivity contribution < 1.29 is 8.42 Å². The predicted molar refractivity (Wildman–Crippen MR) is 114 cm³/mol. The molecule has 1 N–H and O–H groups in total. The molecule has 0 saturated heterocycles. The van der Waals surface area contributed by atoms with Crippen LogP contribution >= 0.6 is 0 Å². The van der Waals surface area contributed by atoms with Gasteiger partial charge in [0.2, 0.25) is 0 Å². The molecule has 0 spiro atoms. The molecule has 5 aromatic rings. The van der Waals surface area contributed by atoms with E-state index < -0.39 is 10.0 Å². The highest BCUT2D eigenvalue weighted by molar-refractivity contribution is 7.92. The second-order valence-corrected chi connectivity index (χ2v) is 8.30. The Kier molecular flexibility index (Phi) is 4.60. The molecule has 0 bridgehead atoms. The van der Waals surface area contributed by atoms with Crippen LogP contribution in [0.1, 0.15) is 0 Å². The number of benzene rings is 1. The third-order valence-electron chi connectivity index (χ3n) is 4.58. The van der Waals surface area contributed by atoms with Crippen LogP contribution in [-0.2, 0) is 10.0 Å². The summed E-state index contributed by atoms with van der Waals surface area (Å²) in [4.78, 5) is 7.98. The summed E-state index contributed by atoms with van der Waals surface area (Å²) in [6, 6.07) is 17.4. The largest absolute Gasteiger partial charge is 0.280 e. The molecule has 0 unspecified atom stereocenters. The summed E-state index contributed by atoms with van der Waals surface area (Å²) in [5, 5.41) is 13.0. The second kappa shape index (κ2) is 7.58. The van der Waals surface area contributed by atoms with Gasteiger partial charge in [0, 0.05) is 41.6 Å². The topological polar surface area (TPSA) is 115 Å². The van der Waals surface area contributed by atoms with E-state index >= 15 is 0 Å². The lowest BCUT2D eigenvalue weighted by atomic mass is 10.1. The van der Waals surface area contributed by atoms with Crippen molar-refractivity contribution in [3.63, 3.8) is 0 Å². The maximum atomic E-state index is 12.5. The highest BCUT2D eigenvalue weighted by Crippen LogP contribution is 2.23. The fourth-order valence-electron chi connectivity index (χ4n) is 3.05. The van der Waals surface area contributed by atoms with Crippen LogP contribution in [-0.4, -0.2) is 38.2 Å². The maximum Gasteiger partial charge on any atom is 0.263 e. The van der Waals surface area contributed by atoms with Gasteiger partial charge in [-0.05, 0) is 48.5 Å². The van der Waals surface area contributed by atoms with Gasteiger partial charge in [-0.15, -0.1) is 10.2 Å². The van der Waals surface area contributed by atoms with Crippen molar-refractivity contribution in [3.8, 4) is 22.6 Å².